The molecule has 0 atom stereocenters. The third kappa shape index (κ3) is 7.93. The second kappa shape index (κ2) is 7.34. The van der Waals surface area contributed by atoms with Crippen molar-refractivity contribution in [2.75, 3.05) is 42.3 Å². The highest BCUT2D eigenvalue weighted by molar-refractivity contribution is 5.25. The van der Waals surface area contributed by atoms with Crippen LogP contribution in [-0.4, -0.2) is 51.3 Å². The van der Waals surface area contributed by atoms with E-state index in [-0.39, 0.29) is 24.8 Å². The molecule has 18 heavy (non-hydrogen) atoms. The van der Waals surface area contributed by atoms with Gasteiger partial charge in [0.15, 0.2) is 0 Å². The zero-order chi connectivity index (χ0) is 12.4. The van der Waals surface area contributed by atoms with E-state index < -0.39 is 0 Å². The van der Waals surface area contributed by atoms with Crippen LogP contribution in [0.5, 0.6) is 0 Å². The highest BCUT2D eigenvalue weighted by Crippen LogP contribution is 2.16. The van der Waals surface area contributed by atoms with Crippen molar-refractivity contribution in [3.8, 4) is 0 Å². The number of quaternary nitrogens is 2. The molecule has 0 aliphatic rings. The van der Waals surface area contributed by atoms with E-state index in [2.05, 4.69) is 66.6 Å². The van der Waals surface area contributed by atoms with Crippen molar-refractivity contribution in [1.29, 1.82) is 0 Å². The van der Waals surface area contributed by atoms with Crippen molar-refractivity contribution in [3.05, 3.63) is 35.4 Å². The summed E-state index contributed by atoms with van der Waals surface area (Å²) in [5.41, 5.74) is 2.95. The molecule has 0 saturated carbocycles. The Hall–Kier alpha value is -0.280. The number of benzene rings is 1. The average Bonchev–Trinajstić information content (AvgIpc) is 2.03. The van der Waals surface area contributed by atoms with Gasteiger partial charge in [-0.25, -0.2) is 0 Å². The smallest absolute Gasteiger partial charge is 0.104 e. The summed E-state index contributed by atoms with van der Waals surface area (Å²) in [6, 6.07) is 8.80. The van der Waals surface area contributed by atoms with Crippen LogP contribution < -0.4 is 24.8 Å². The molecule has 0 radical (unpaired) electrons. The lowest BCUT2D eigenvalue weighted by molar-refractivity contribution is -0.887. The lowest BCUT2D eigenvalue weighted by atomic mass is 10.1. The van der Waals surface area contributed by atoms with Gasteiger partial charge in [-0.15, -0.1) is 0 Å². The van der Waals surface area contributed by atoms with Gasteiger partial charge < -0.3 is 33.8 Å². The van der Waals surface area contributed by atoms with Crippen LogP contribution >= 0.6 is 0 Å². The monoisotopic (exact) mass is 292 g/mol. The summed E-state index contributed by atoms with van der Waals surface area (Å²) in [5, 5.41) is 0. The van der Waals surface area contributed by atoms with Gasteiger partial charge in [-0.05, 0) is 0 Å². The quantitative estimate of drug-likeness (QED) is 0.498. The molecule has 0 aliphatic heterocycles. The Morgan fingerprint density at radius 1 is 0.667 bits per heavy atom. The van der Waals surface area contributed by atoms with E-state index in [4.69, 9.17) is 0 Å². The molecule has 0 bridgehead atoms. The van der Waals surface area contributed by atoms with Crippen LogP contribution in [0.1, 0.15) is 11.1 Å². The van der Waals surface area contributed by atoms with Crippen molar-refractivity contribution in [2.45, 2.75) is 13.1 Å². The van der Waals surface area contributed by atoms with Crippen LogP contribution in [0.15, 0.2) is 24.3 Å². The molecule has 0 saturated heterocycles. The van der Waals surface area contributed by atoms with Gasteiger partial charge in [0.2, 0.25) is 0 Å². The van der Waals surface area contributed by atoms with Gasteiger partial charge in [0.25, 0.3) is 0 Å². The van der Waals surface area contributed by atoms with E-state index in [0.29, 0.717) is 0 Å². The molecule has 0 N–H and O–H groups in total. The Kier molecular flexibility index (Phi) is 8.18. The number of hydrogen-bond acceptors (Lipinski definition) is 0. The van der Waals surface area contributed by atoms with Gasteiger partial charge in [0.1, 0.15) is 13.1 Å². The number of rotatable bonds is 4. The Morgan fingerprint density at radius 3 is 1.17 bits per heavy atom. The Labute approximate surface area is 125 Å². The standard InChI is InChI=1S/C14H26N2.2ClH/c1-15(2,3)11-13-9-7-8-10-14(13)12-16(4,5)6;;/h7-10H,11-12H2,1-6H3;2*1H/q+2;;/p-2. The van der Waals surface area contributed by atoms with Crippen molar-refractivity contribution in [3.63, 3.8) is 0 Å². The predicted octanol–water partition coefficient (Wildman–Crippen LogP) is -3.89. The molecular weight excluding hydrogens is 267 g/mol. The molecule has 0 heterocycles. The second-order valence-electron chi connectivity index (χ2n) is 6.67. The maximum absolute atomic E-state index is 2.26. The first-order chi connectivity index (χ1) is 7.17. The summed E-state index contributed by atoms with van der Waals surface area (Å²) in [6.45, 7) is 2.19. The molecule has 2 nitrogen and oxygen atoms in total. The molecule has 0 fully saturated rings. The van der Waals surface area contributed by atoms with Crippen LogP contribution in [0.4, 0.5) is 0 Å². The van der Waals surface area contributed by atoms with Gasteiger partial charge in [-0.1, -0.05) is 24.3 Å². The van der Waals surface area contributed by atoms with Crippen molar-refractivity contribution >= 4 is 0 Å². The minimum Gasteiger partial charge on any atom is -1.00 e. The molecule has 4 heteroatoms. The normalized spacial score (nSPS) is 11.4. The maximum Gasteiger partial charge on any atom is 0.104 e. The van der Waals surface area contributed by atoms with Gasteiger partial charge >= 0.3 is 0 Å². The lowest BCUT2D eigenvalue weighted by Crippen LogP contribution is -3.00. The molecule has 0 spiro atoms. The first kappa shape index (κ1) is 20.0. The van der Waals surface area contributed by atoms with Crippen molar-refractivity contribution < 1.29 is 33.8 Å². The largest absolute Gasteiger partial charge is 1.00 e. The summed E-state index contributed by atoms with van der Waals surface area (Å²) in [5.74, 6) is 0. The predicted molar refractivity (Wildman–Crippen MR) is 69.9 cm³/mol. The first-order valence-corrected chi connectivity index (χ1v) is 5.85. The minimum absolute atomic E-state index is 0. The summed E-state index contributed by atoms with van der Waals surface area (Å²) < 4.78 is 1.96. The summed E-state index contributed by atoms with van der Waals surface area (Å²) in [4.78, 5) is 0. The SMILES string of the molecule is C[N+](C)(C)Cc1ccccc1C[N+](C)(C)C.[Cl-].[Cl-]. The fourth-order valence-corrected chi connectivity index (χ4v) is 1.89. The Morgan fingerprint density at radius 2 is 0.944 bits per heavy atom. The van der Waals surface area contributed by atoms with E-state index in [1.54, 1.807) is 0 Å². The highest BCUT2D eigenvalue weighted by Gasteiger charge is 2.16. The maximum atomic E-state index is 2.26. The van der Waals surface area contributed by atoms with E-state index in [0.717, 1.165) is 22.1 Å². The fraction of sp³-hybridized carbons (Fsp3) is 0.571. The van der Waals surface area contributed by atoms with E-state index in [1.165, 1.54) is 11.1 Å². The summed E-state index contributed by atoms with van der Waals surface area (Å²) >= 11 is 0. The van der Waals surface area contributed by atoms with Gasteiger partial charge in [-0.3, -0.25) is 0 Å². The average molecular weight is 293 g/mol. The van der Waals surface area contributed by atoms with E-state index in [9.17, 15) is 0 Å². The van der Waals surface area contributed by atoms with E-state index in [1.807, 2.05) is 0 Å². The minimum atomic E-state index is 0. The topological polar surface area (TPSA) is 0 Å². The molecular formula is C14H26Cl2N2. The lowest BCUT2D eigenvalue weighted by Gasteiger charge is -2.28. The van der Waals surface area contributed by atoms with Gasteiger partial charge in [0, 0.05) is 11.1 Å². The number of hydrogen-bond donors (Lipinski definition) is 0. The zero-order valence-electron chi connectivity index (χ0n) is 12.4. The van der Waals surface area contributed by atoms with E-state index >= 15 is 0 Å². The van der Waals surface area contributed by atoms with Gasteiger partial charge in [0.05, 0.1) is 42.3 Å². The molecule has 0 amide bonds. The Balaban J connectivity index is 0. The molecule has 0 aromatic heterocycles. The number of halogens is 2. The fourth-order valence-electron chi connectivity index (χ4n) is 1.89. The molecule has 106 valence electrons. The zero-order valence-corrected chi connectivity index (χ0v) is 13.9. The van der Waals surface area contributed by atoms with Crippen LogP contribution in [0.3, 0.4) is 0 Å². The third-order valence-corrected chi connectivity index (χ3v) is 2.41. The third-order valence-electron chi connectivity index (χ3n) is 2.41. The molecule has 0 unspecified atom stereocenters. The first-order valence-electron chi connectivity index (χ1n) is 5.85. The molecule has 0 aliphatic carbocycles. The second-order valence-corrected chi connectivity index (χ2v) is 6.67. The van der Waals surface area contributed by atoms with Crippen molar-refractivity contribution in [1.82, 2.24) is 0 Å². The van der Waals surface area contributed by atoms with Crippen LogP contribution in [0, 0.1) is 0 Å². The van der Waals surface area contributed by atoms with Crippen LogP contribution in [-0.2, 0) is 13.1 Å². The van der Waals surface area contributed by atoms with Crippen LogP contribution in [0.25, 0.3) is 0 Å². The highest BCUT2D eigenvalue weighted by atomic mass is 35.5. The Bertz CT molecular complexity index is 317. The molecule has 1 aromatic rings. The molecule has 1 rings (SSSR count). The molecule has 1 aromatic carbocycles. The van der Waals surface area contributed by atoms with Gasteiger partial charge in [-0.2, -0.15) is 0 Å². The van der Waals surface area contributed by atoms with Crippen molar-refractivity contribution in [2.24, 2.45) is 0 Å². The summed E-state index contributed by atoms with van der Waals surface area (Å²) in [7, 11) is 13.4. The summed E-state index contributed by atoms with van der Waals surface area (Å²) in [6.07, 6.45) is 0. The van der Waals surface area contributed by atoms with Crippen LogP contribution in [0.2, 0.25) is 0 Å². The number of nitrogens with zero attached hydrogens (tertiary/aromatic N) is 2.